The lowest BCUT2D eigenvalue weighted by Crippen LogP contribution is -2.38. The number of aromatic nitrogens is 3. The monoisotopic (exact) mass is 349 g/mol. The average Bonchev–Trinajstić information content (AvgIpc) is 3.42. The number of amides is 1. The molecule has 4 heterocycles. The first kappa shape index (κ1) is 16.2. The van der Waals surface area contributed by atoms with Crippen LogP contribution in [0.2, 0.25) is 0 Å². The number of rotatable bonds is 4. The fourth-order valence-corrected chi connectivity index (χ4v) is 3.60. The van der Waals surface area contributed by atoms with E-state index in [1.165, 1.54) is 0 Å². The van der Waals surface area contributed by atoms with Gasteiger partial charge in [0.2, 0.25) is 5.88 Å². The van der Waals surface area contributed by atoms with Gasteiger partial charge in [0.1, 0.15) is 23.0 Å². The standard InChI is InChI=1S/C19H19N5O2/c1-14-17(16(12-20)19(26-14)22-8-2-3-9-22)18(25)24-11-4-6-15(24)13-23-10-5-7-21-23/h2-3,5,7-10,15H,4,6,11,13H2,1H3/t15-/m1/s1. The number of hydrogen-bond donors (Lipinski definition) is 0. The third-order valence-corrected chi connectivity index (χ3v) is 4.83. The van der Waals surface area contributed by atoms with E-state index in [0.29, 0.717) is 30.3 Å². The summed E-state index contributed by atoms with van der Waals surface area (Å²) in [5, 5.41) is 13.9. The molecule has 0 bridgehead atoms. The summed E-state index contributed by atoms with van der Waals surface area (Å²) < 4.78 is 9.34. The maximum absolute atomic E-state index is 13.2. The minimum Gasteiger partial charge on any atom is -0.443 e. The van der Waals surface area contributed by atoms with Crippen molar-refractivity contribution in [3.05, 3.63) is 59.9 Å². The number of aryl methyl sites for hydroxylation is 1. The van der Waals surface area contributed by atoms with Gasteiger partial charge in [-0.15, -0.1) is 0 Å². The molecular weight excluding hydrogens is 330 g/mol. The van der Waals surface area contributed by atoms with Crippen LogP contribution >= 0.6 is 0 Å². The quantitative estimate of drug-likeness (QED) is 0.725. The van der Waals surface area contributed by atoms with Crippen molar-refractivity contribution in [1.29, 1.82) is 5.26 Å². The summed E-state index contributed by atoms with van der Waals surface area (Å²) in [6.45, 7) is 3.07. The van der Waals surface area contributed by atoms with E-state index in [-0.39, 0.29) is 17.5 Å². The van der Waals surface area contributed by atoms with Crippen LogP contribution in [0.5, 0.6) is 0 Å². The van der Waals surface area contributed by atoms with E-state index < -0.39 is 0 Å². The number of hydrogen-bond acceptors (Lipinski definition) is 4. The van der Waals surface area contributed by atoms with Crippen molar-refractivity contribution in [3.63, 3.8) is 0 Å². The van der Waals surface area contributed by atoms with Crippen LogP contribution < -0.4 is 0 Å². The zero-order chi connectivity index (χ0) is 18.1. The maximum Gasteiger partial charge on any atom is 0.259 e. The molecule has 1 aliphatic rings. The Balaban J connectivity index is 1.67. The van der Waals surface area contributed by atoms with Crippen molar-refractivity contribution in [2.24, 2.45) is 0 Å². The molecular formula is C19H19N5O2. The van der Waals surface area contributed by atoms with Gasteiger partial charge in [0, 0.05) is 31.3 Å². The van der Waals surface area contributed by atoms with Crippen LogP contribution in [0, 0.1) is 18.3 Å². The molecule has 26 heavy (non-hydrogen) atoms. The van der Waals surface area contributed by atoms with Gasteiger partial charge < -0.3 is 9.32 Å². The van der Waals surface area contributed by atoms with Gasteiger partial charge in [-0.25, -0.2) is 0 Å². The van der Waals surface area contributed by atoms with E-state index in [4.69, 9.17) is 4.42 Å². The van der Waals surface area contributed by atoms with Crippen molar-refractivity contribution < 1.29 is 9.21 Å². The van der Waals surface area contributed by atoms with Gasteiger partial charge in [0.15, 0.2) is 0 Å². The van der Waals surface area contributed by atoms with Crippen LogP contribution in [0.3, 0.4) is 0 Å². The summed E-state index contributed by atoms with van der Waals surface area (Å²) >= 11 is 0. The molecule has 0 aromatic carbocycles. The van der Waals surface area contributed by atoms with Crippen molar-refractivity contribution in [1.82, 2.24) is 19.2 Å². The zero-order valence-electron chi connectivity index (χ0n) is 14.5. The number of nitrogens with zero attached hydrogens (tertiary/aromatic N) is 5. The molecule has 1 fully saturated rings. The van der Waals surface area contributed by atoms with Crippen LogP contribution in [-0.2, 0) is 6.54 Å². The Hall–Kier alpha value is -3.27. The highest BCUT2D eigenvalue weighted by molar-refractivity contribution is 5.99. The number of carbonyl (C=O) groups is 1. The normalized spacial score (nSPS) is 16.8. The van der Waals surface area contributed by atoms with Crippen LogP contribution in [0.1, 0.15) is 34.5 Å². The summed E-state index contributed by atoms with van der Waals surface area (Å²) in [5.41, 5.74) is 0.650. The molecule has 1 amide bonds. The fourth-order valence-electron chi connectivity index (χ4n) is 3.60. The molecule has 0 saturated carbocycles. The summed E-state index contributed by atoms with van der Waals surface area (Å²) in [5.74, 6) is 0.719. The highest BCUT2D eigenvalue weighted by atomic mass is 16.4. The average molecular weight is 349 g/mol. The van der Waals surface area contributed by atoms with Crippen molar-refractivity contribution in [2.45, 2.75) is 32.4 Å². The molecule has 0 unspecified atom stereocenters. The van der Waals surface area contributed by atoms with Crippen LogP contribution in [0.25, 0.3) is 5.88 Å². The predicted octanol–water partition coefficient (Wildman–Crippen LogP) is 2.75. The van der Waals surface area contributed by atoms with Gasteiger partial charge in [-0.2, -0.15) is 10.4 Å². The van der Waals surface area contributed by atoms with Gasteiger partial charge in [-0.1, -0.05) is 0 Å². The first-order valence-corrected chi connectivity index (χ1v) is 8.64. The molecule has 7 heteroatoms. The molecule has 0 radical (unpaired) electrons. The van der Waals surface area contributed by atoms with E-state index in [0.717, 1.165) is 12.8 Å². The molecule has 1 saturated heterocycles. The Morgan fingerprint density at radius 2 is 2.15 bits per heavy atom. The fraction of sp³-hybridized carbons (Fsp3) is 0.316. The molecule has 0 N–H and O–H groups in total. The number of nitriles is 1. The second-order valence-electron chi connectivity index (χ2n) is 6.44. The molecule has 132 valence electrons. The Morgan fingerprint density at radius 3 is 2.85 bits per heavy atom. The van der Waals surface area contributed by atoms with E-state index in [9.17, 15) is 10.1 Å². The lowest BCUT2D eigenvalue weighted by molar-refractivity contribution is 0.0719. The molecule has 0 spiro atoms. The topological polar surface area (TPSA) is 80.0 Å². The van der Waals surface area contributed by atoms with Gasteiger partial charge in [0.25, 0.3) is 5.91 Å². The van der Waals surface area contributed by atoms with Crippen LogP contribution in [0.4, 0.5) is 0 Å². The van der Waals surface area contributed by atoms with E-state index in [2.05, 4.69) is 11.2 Å². The molecule has 3 aromatic heterocycles. The van der Waals surface area contributed by atoms with Gasteiger partial charge in [0.05, 0.1) is 12.6 Å². The summed E-state index contributed by atoms with van der Waals surface area (Å²) in [6.07, 6.45) is 9.09. The molecule has 1 aliphatic heterocycles. The molecule has 1 atom stereocenters. The van der Waals surface area contributed by atoms with Gasteiger partial charge in [-0.05, 0) is 38.0 Å². The molecule has 4 rings (SSSR count). The van der Waals surface area contributed by atoms with E-state index in [1.807, 2.05) is 34.0 Å². The summed E-state index contributed by atoms with van der Waals surface area (Å²) in [4.78, 5) is 15.1. The lowest BCUT2D eigenvalue weighted by atomic mass is 10.1. The first-order chi connectivity index (χ1) is 12.7. The molecule has 7 nitrogen and oxygen atoms in total. The Morgan fingerprint density at radius 1 is 1.35 bits per heavy atom. The highest BCUT2D eigenvalue weighted by Crippen LogP contribution is 2.29. The van der Waals surface area contributed by atoms with Gasteiger partial charge >= 0.3 is 0 Å². The van der Waals surface area contributed by atoms with Crippen LogP contribution in [-0.4, -0.2) is 37.7 Å². The maximum atomic E-state index is 13.2. The Bertz CT molecular complexity index is 947. The number of likely N-dealkylation sites (tertiary alicyclic amines) is 1. The van der Waals surface area contributed by atoms with Gasteiger partial charge in [-0.3, -0.25) is 14.0 Å². The van der Waals surface area contributed by atoms with E-state index in [1.54, 1.807) is 30.1 Å². The molecule has 3 aromatic rings. The van der Waals surface area contributed by atoms with Crippen LogP contribution in [0.15, 0.2) is 47.4 Å². The van der Waals surface area contributed by atoms with Crippen molar-refractivity contribution in [2.75, 3.05) is 6.54 Å². The minimum atomic E-state index is -0.143. The summed E-state index contributed by atoms with van der Waals surface area (Å²) in [7, 11) is 0. The third kappa shape index (κ3) is 2.69. The Labute approximate surface area is 151 Å². The minimum absolute atomic E-state index is 0.0678. The zero-order valence-corrected chi connectivity index (χ0v) is 14.5. The number of carbonyl (C=O) groups excluding carboxylic acids is 1. The van der Waals surface area contributed by atoms with E-state index >= 15 is 0 Å². The third-order valence-electron chi connectivity index (χ3n) is 4.83. The van der Waals surface area contributed by atoms with Crippen molar-refractivity contribution >= 4 is 5.91 Å². The second kappa shape index (κ2) is 6.56. The summed E-state index contributed by atoms with van der Waals surface area (Å²) in [6, 6.07) is 7.80. The SMILES string of the molecule is Cc1oc(-n2cccc2)c(C#N)c1C(=O)N1CCC[C@@H]1Cn1cccn1. The number of furan rings is 1. The molecule has 0 aliphatic carbocycles. The first-order valence-electron chi connectivity index (χ1n) is 8.64. The Kier molecular flexibility index (Phi) is 4.09. The smallest absolute Gasteiger partial charge is 0.259 e. The highest BCUT2D eigenvalue weighted by Gasteiger charge is 2.34. The largest absolute Gasteiger partial charge is 0.443 e. The predicted molar refractivity (Wildman–Crippen MR) is 93.8 cm³/mol. The second-order valence-corrected chi connectivity index (χ2v) is 6.44. The lowest BCUT2D eigenvalue weighted by Gasteiger charge is -2.24. The van der Waals surface area contributed by atoms with Crippen molar-refractivity contribution in [3.8, 4) is 12.0 Å².